The minimum atomic E-state index is -1.40. The van der Waals surface area contributed by atoms with Gasteiger partial charge in [0.1, 0.15) is 5.41 Å². The molecule has 0 radical (unpaired) electrons. The molecule has 0 heterocycles. The summed E-state index contributed by atoms with van der Waals surface area (Å²) in [5.41, 5.74) is 3.92. The number of Topliss-reactive ketones (excluding diaryl/α,β-unsaturated/α-hetero) is 1. The van der Waals surface area contributed by atoms with Crippen LogP contribution < -0.4 is 5.73 Å². The van der Waals surface area contributed by atoms with Crippen molar-refractivity contribution in [3.05, 3.63) is 0 Å². The first-order valence-electron chi connectivity index (χ1n) is 4.95. The normalized spacial score (nSPS) is 14.8. The van der Waals surface area contributed by atoms with E-state index in [9.17, 15) is 9.59 Å². The Hall–Kier alpha value is -0.900. The van der Waals surface area contributed by atoms with Gasteiger partial charge in [-0.15, -0.1) is 0 Å². The third-order valence-corrected chi connectivity index (χ3v) is 2.50. The number of hydrogen-bond acceptors (Lipinski definition) is 3. The quantitative estimate of drug-likeness (QED) is 0.479. The van der Waals surface area contributed by atoms with Crippen LogP contribution >= 0.6 is 0 Å². The van der Waals surface area contributed by atoms with Crippen molar-refractivity contribution in [3.8, 4) is 0 Å². The number of carboxylic acids is 1. The lowest BCUT2D eigenvalue weighted by Crippen LogP contribution is -2.42. The molecule has 4 heteroatoms. The van der Waals surface area contributed by atoms with E-state index >= 15 is 0 Å². The number of rotatable bonds is 7. The highest BCUT2D eigenvalue weighted by molar-refractivity contribution is 6.02. The molecule has 0 aliphatic rings. The third kappa shape index (κ3) is 3.10. The van der Waals surface area contributed by atoms with Gasteiger partial charge in [-0.1, -0.05) is 19.8 Å². The van der Waals surface area contributed by atoms with Crippen LogP contribution in [-0.2, 0) is 9.59 Å². The second-order valence-electron chi connectivity index (χ2n) is 3.72. The summed E-state index contributed by atoms with van der Waals surface area (Å²) in [4.78, 5) is 22.4. The summed E-state index contributed by atoms with van der Waals surface area (Å²) in [5, 5.41) is 8.86. The van der Waals surface area contributed by atoms with Gasteiger partial charge < -0.3 is 10.8 Å². The minimum Gasteiger partial charge on any atom is -0.480 e. The van der Waals surface area contributed by atoms with Crippen molar-refractivity contribution >= 4 is 11.8 Å². The maximum atomic E-state index is 11.6. The van der Waals surface area contributed by atoms with Gasteiger partial charge in [-0.2, -0.15) is 0 Å². The Morgan fingerprint density at radius 1 is 1.36 bits per heavy atom. The maximum absolute atomic E-state index is 11.6. The van der Waals surface area contributed by atoms with Crippen molar-refractivity contribution in [2.45, 2.75) is 39.5 Å². The Labute approximate surface area is 84.5 Å². The van der Waals surface area contributed by atoms with E-state index in [1.54, 1.807) is 0 Å². The number of carbonyl (C=O) groups excluding carboxylic acids is 1. The fourth-order valence-corrected chi connectivity index (χ4v) is 1.13. The van der Waals surface area contributed by atoms with Crippen LogP contribution in [0.1, 0.15) is 39.5 Å². The van der Waals surface area contributed by atoms with Crippen molar-refractivity contribution in [1.82, 2.24) is 0 Å². The SMILES string of the molecule is CCCCCC(=O)C(C)(CN)C(=O)O. The van der Waals surface area contributed by atoms with Crippen molar-refractivity contribution in [2.24, 2.45) is 11.1 Å². The van der Waals surface area contributed by atoms with Gasteiger partial charge in [0.25, 0.3) is 0 Å². The summed E-state index contributed by atoms with van der Waals surface area (Å²) >= 11 is 0. The van der Waals surface area contributed by atoms with Gasteiger partial charge in [-0.25, -0.2) is 0 Å². The number of carboxylic acid groups (broad SMARTS) is 1. The number of hydrogen-bond donors (Lipinski definition) is 2. The number of ketones is 1. The van der Waals surface area contributed by atoms with Crippen molar-refractivity contribution < 1.29 is 14.7 Å². The Morgan fingerprint density at radius 3 is 2.29 bits per heavy atom. The Balaban J connectivity index is 4.25. The molecular weight excluding hydrogens is 182 g/mol. The van der Waals surface area contributed by atoms with Crippen LogP contribution in [0.15, 0.2) is 0 Å². The summed E-state index contributed by atoms with van der Waals surface area (Å²) in [6.45, 7) is 3.29. The summed E-state index contributed by atoms with van der Waals surface area (Å²) in [6.07, 6.45) is 3.03. The standard InChI is InChI=1S/C10H19NO3/c1-3-4-5-6-8(12)10(2,7-11)9(13)14/h3-7,11H2,1-2H3,(H,13,14). The number of unbranched alkanes of at least 4 members (excludes halogenated alkanes) is 2. The van der Waals surface area contributed by atoms with E-state index in [1.165, 1.54) is 6.92 Å². The fourth-order valence-electron chi connectivity index (χ4n) is 1.13. The molecule has 0 aliphatic heterocycles. The van der Waals surface area contributed by atoms with E-state index in [1.807, 2.05) is 6.92 Å². The number of carbonyl (C=O) groups is 2. The zero-order chi connectivity index (χ0) is 11.2. The molecule has 1 unspecified atom stereocenters. The molecule has 0 rings (SSSR count). The highest BCUT2D eigenvalue weighted by atomic mass is 16.4. The predicted molar refractivity (Wildman–Crippen MR) is 53.9 cm³/mol. The summed E-state index contributed by atoms with van der Waals surface area (Å²) in [5.74, 6) is -1.39. The van der Waals surface area contributed by atoms with E-state index in [2.05, 4.69) is 0 Å². The zero-order valence-electron chi connectivity index (χ0n) is 8.88. The summed E-state index contributed by atoms with van der Waals surface area (Å²) < 4.78 is 0. The van der Waals surface area contributed by atoms with E-state index in [0.717, 1.165) is 19.3 Å². The molecule has 0 bridgehead atoms. The molecule has 0 spiro atoms. The molecule has 0 saturated carbocycles. The average Bonchev–Trinajstić information content (AvgIpc) is 2.16. The van der Waals surface area contributed by atoms with E-state index in [-0.39, 0.29) is 12.3 Å². The molecule has 0 aliphatic carbocycles. The summed E-state index contributed by atoms with van der Waals surface area (Å²) in [7, 11) is 0. The van der Waals surface area contributed by atoms with Crippen LogP contribution in [0.2, 0.25) is 0 Å². The molecule has 4 nitrogen and oxygen atoms in total. The van der Waals surface area contributed by atoms with Crippen LogP contribution in [0, 0.1) is 5.41 Å². The summed E-state index contributed by atoms with van der Waals surface area (Å²) in [6, 6.07) is 0. The lowest BCUT2D eigenvalue weighted by molar-refractivity contribution is -0.153. The molecule has 0 fully saturated rings. The molecular formula is C10H19NO3. The van der Waals surface area contributed by atoms with E-state index < -0.39 is 11.4 Å². The maximum Gasteiger partial charge on any atom is 0.318 e. The van der Waals surface area contributed by atoms with Gasteiger partial charge in [0.15, 0.2) is 5.78 Å². The first kappa shape index (κ1) is 13.1. The largest absolute Gasteiger partial charge is 0.480 e. The van der Waals surface area contributed by atoms with Crippen molar-refractivity contribution in [2.75, 3.05) is 6.54 Å². The molecule has 82 valence electrons. The fraction of sp³-hybridized carbons (Fsp3) is 0.800. The molecule has 1 atom stereocenters. The first-order valence-corrected chi connectivity index (χ1v) is 4.95. The monoisotopic (exact) mass is 201 g/mol. The molecule has 0 amide bonds. The Morgan fingerprint density at radius 2 is 1.93 bits per heavy atom. The molecule has 3 N–H and O–H groups in total. The molecule has 0 aromatic carbocycles. The Kier molecular flexibility index (Phi) is 5.38. The number of aliphatic carboxylic acids is 1. The lowest BCUT2D eigenvalue weighted by atomic mass is 9.83. The van der Waals surface area contributed by atoms with Gasteiger partial charge in [0.2, 0.25) is 0 Å². The zero-order valence-corrected chi connectivity index (χ0v) is 8.88. The highest BCUT2D eigenvalue weighted by Gasteiger charge is 2.38. The topological polar surface area (TPSA) is 80.4 Å². The average molecular weight is 201 g/mol. The van der Waals surface area contributed by atoms with Gasteiger partial charge in [-0.3, -0.25) is 9.59 Å². The Bertz CT molecular complexity index is 215. The van der Waals surface area contributed by atoms with Crippen molar-refractivity contribution in [1.29, 1.82) is 0 Å². The van der Waals surface area contributed by atoms with E-state index in [0.29, 0.717) is 6.42 Å². The van der Waals surface area contributed by atoms with Gasteiger partial charge in [0, 0.05) is 13.0 Å². The second-order valence-corrected chi connectivity index (χ2v) is 3.72. The lowest BCUT2D eigenvalue weighted by Gasteiger charge is -2.20. The molecule has 0 aromatic heterocycles. The molecule has 0 aromatic rings. The van der Waals surface area contributed by atoms with Crippen molar-refractivity contribution in [3.63, 3.8) is 0 Å². The van der Waals surface area contributed by atoms with Crippen LogP contribution in [-0.4, -0.2) is 23.4 Å². The third-order valence-electron chi connectivity index (χ3n) is 2.50. The second kappa shape index (κ2) is 5.75. The van der Waals surface area contributed by atoms with Gasteiger partial charge >= 0.3 is 5.97 Å². The van der Waals surface area contributed by atoms with Crippen LogP contribution in [0.5, 0.6) is 0 Å². The van der Waals surface area contributed by atoms with Crippen LogP contribution in [0.3, 0.4) is 0 Å². The highest BCUT2D eigenvalue weighted by Crippen LogP contribution is 2.19. The van der Waals surface area contributed by atoms with Crippen LogP contribution in [0.4, 0.5) is 0 Å². The number of nitrogens with two attached hydrogens (primary N) is 1. The molecule has 0 saturated heterocycles. The van der Waals surface area contributed by atoms with Gasteiger partial charge in [-0.05, 0) is 13.3 Å². The first-order chi connectivity index (χ1) is 6.49. The van der Waals surface area contributed by atoms with E-state index in [4.69, 9.17) is 10.8 Å². The smallest absolute Gasteiger partial charge is 0.318 e. The minimum absolute atomic E-state index is 0.132. The molecule has 14 heavy (non-hydrogen) atoms. The predicted octanol–water partition coefficient (Wildman–Crippen LogP) is 1.19. The van der Waals surface area contributed by atoms with Gasteiger partial charge in [0.05, 0.1) is 0 Å². The van der Waals surface area contributed by atoms with Crippen LogP contribution in [0.25, 0.3) is 0 Å².